The van der Waals surface area contributed by atoms with Crippen LogP contribution in [0.1, 0.15) is 12.8 Å². The molecule has 0 unspecified atom stereocenters. The van der Waals surface area contributed by atoms with Gasteiger partial charge in [-0.05, 0) is 49.5 Å². The number of nitrogens with zero attached hydrogens (tertiary/aromatic N) is 3. The molecule has 158 valence electrons. The minimum Gasteiger partial charge on any atom is -0.478 e. The minimum atomic E-state index is -1.26. The molecule has 0 saturated carbocycles. The van der Waals surface area contributed by atoms with E-state index in [1.807, 2.05) is 24.3 Å². The molecule has 0 aliphatic carbocycles. The molecule has 1 aromatic heterocycles. The fourth-order valence-electron chi connectivity index (χ4n) is 3.57. The first kappa shape index (κ1) is 21.3. The van der Waals surface area contributed by atoms with Gasteiger partial charge in [-0.2, -0.15) is 0 Å². The molecule has 4 N–H and O–H groups in total. The molecule has 3 saturated heterocycles. The lowest BCUT2D eigenvalue weighted by atomic mass is 9.86. The Labute approximate surface area is 173 Å². The summed E-state index contributed by atoms with van der Waals surface area (Å²) in [6.07, 6.45) is 7.42. The first-order valence-corrected chi connectivity index (χ1v) is 9.61. The van der Waals surface area contributed by atoms with Crippen molar-refractivity contribution in [2.24, 2.45) is 5.92 Å². The van der Waals surface area contributed by atoms with Crippen molar-refractivity contribution in [3.05, 3.63) is 48.8 Å². The van der Waals surface area contributed by atoms with Crippen LogP contribution in [0.4, 0.5) is 5.69 Å². The number of carboxylic acid groups (broad SMARTS) is 2. The highest BCUT2D eigenvalue weighted by atomic mass is 16.5. The Morgan fingerprint density at radius 2 is 1.70 bits per heavy atom. The molecule has 5 rings (SSSR count). The van der Waals surface area contributed by atoms with E-state index in [0.29, 0.717) is 24.1 Å². The normalized spacial score (nSPS) is 22.2. The van der Waals surface area contributed by atoms with E-state index >= 15 is 0 Å². The number of piperidine rings is 3. The van der Waals surface area contributed by atoms with Crippen molar-refractivity contribution in [3.8, 4) is 17.1 Å². The van der Waals surface area contributed by atoms with Crippen LogP contribution in [0, 0.1) is 5.92 Å². The number of nitrogen functional groups attached to an aromatic ring is 1. The third-order valence-electron chi connectivity index (χ3n) is 5.07. The zero-order valence-electron chi connectivity index (χ0n) is 16.3. The Kier molecular flexibility index (Phi) is 6.97. The van der Waals surface area contributed by atoms with E-state index in [2.05, 4.69) is 14.9 Å². The van der Waals surface area contributed by atoms with Crippen molar-refractivity contribution in [1.29, 1.82) is 0 Å². The van der Waals surface area contributed by atoms with Gasteiger partial charge in [0.15, 0.2) is 0 Å². The van der Waals surface area contributed by atoms with Gasteiger partial charge in [0.05, 0.1) is 0 Å². The maximum absolute atomic E-state index is 9.55. The second-order valence-electron chi connectivity index (χ2n) is 7.18. The Balaban J connectivity index is 0.000000275. The number of fused-ring (bicyclic) bond motifs is 3. The summed E-state index contributed by atoms with van der Waals surface area (Å²) in [5.74, 6) is -1.86. The molecular weight excluding hydrogens is 388 g/mol. The molecule has 3 fully saturated rings. The fraction of sp³-hybridized carbons (Fsp3) is 0.333. The highest BCUT2D eigenvalue weighted by Gasteiger charge is 2.35. The Morgan fingerprint density at radius 3 is 2.20 bits per heavy atom. The Bertz CT molecular complexity index is 892. The second kappa shape index (κ2) is 9.84. The monoisotopic (exact) mass is 412 g/mol. The Morgan fingerprint density at radius 1 is 1.07 bits per heavy atom. The molecular formula is C21H24N4O5. The van der Waals surface area contributed by atoms with E-state index in [4.69, 9.17) is 20.7 Å². The summed E-state index contributed by atoms with van der Waals surface area (Å²) in [7, 11) is 0. The fourth-order valence-corrected chi connectivity index (χ4v) is 3.57. The lowest BCUT2D eigenvalue weighted by molar-refractivity contribution is -0.134. The maximum atomic E-state index is 9.55. The molecule has 9 nitrogen and oxygen atoms in total. The molecule has 4 heterocycles. The second-order valence-corrected chi connectivity index (χ2v) is 7.18. The molecule has 2 aromatic rings. The smallest absolute Gasteiger partial charge is 0.328 e. The largest absolute Gasteiger partial charge is 0.478 e. The van der Waals surface area contributed by atoms with Crippen LogP contribution in [0.15, 0.2) is 48.8 Å². The Hall–Kier alpha value is -3.46. The molecule has 0 amide bonds. The zero-order valence-corrected chi connectivity index (χ0v) is 16.3. The summed E-state index contributed by atoms with van der Waals surface area (Å²) in [6, 6.07) is 8.21. The van der Waals surface area contributed by atoms with Crippen molar-refractivity contribution in [3.63, 3.8) is 0 Å². The molecule has 0 radical (unpaired) electrons. The summed E-state index contributed by atoms with van der Waals surface area (Å²) in [5.41, 5.74) is 8.53. The lowest BCUT2D eigenvalue weighted by Crippen LogP contribution is -2.52. The number of anilines is 1. The van der Waals surface area contributed by atoms with E-state index in [9.17, 15) is 9.59 Å². The SMILES string of the molecule is Nc1cccc(-c2cnc(O[C@H]3CN4CCC3CC4)nc2)c1.O=C(O)/C=C/C(=O)O. The van der Waals surface area contributed by atoms with Crippen molar-refractivity contribution >= 4 is 17.6 Å². The summed E-state index contributed by atoms with van der Waals surface area (Å²) in [5, 5.41) is 15.6. The molecule has 3 aliphatic rings. The predicted molar refractivity (Wildman–Crippen MR) is 110 cm³/mol. The number of aliphatic carboxylic acids is 2. The molecule has 1 aromatic carbocycles. The quantitative estimate of drug-likeness (QED) is 0.496. The summed E-state index contributed by atoms with van der Waals surface area (Å²) >= 11 is 0. The third-order valence-corrected chi connectivity index (χ3v) is 5.07. The minimum absolute atomic E-state index is 0.237. The standard InChI is InChI=1S/C17H20N4O.C4H4O4/c18-15-3-1-2-13(8-15)14-9-19-17(20-10-14)22-16-11-21-6-4-12(16)5-7-21;5-3(6)1-2-4(7)8/h1-3,8-10,12,16H,4-7,11,18H2;1-2H,(H,5,6)(H,7,8)/b;2-1+/t16-;/m0./s1. The number of hydrogen-bond acceptors (Lipinski definition) is 7. The van der Waals surface area contributed by atoms with E-state index in [-0.39, 0.29) is 6.10 Å². The maximum Gasteiger partial charge on any atom is 0.328 e. The van der Waals surface area contributed by atoms with Gasteiger partial charge in [-0.15, -0.1) is 0 Å². The number of ether oxygens (including phenoxy) is 1. The molecule has 3 aliphatic heterocycles. The van der Waals surface area contributed by atoms with E-state index in [1.165, 1.54) is 25.9 Å². The van der Waals surface area contributed by atoms with Gasteiger partial charge in [0, 0.05) is 42.3 Å². The molecule has 1 atom stereocenters. The number of nitrogens with two attached hydrogens (primary N) is 1. The van der Waals surface area contributed by atoms with Crippen molar-refractivity contribution in [1.82, 2.24) is 14.9 Å². The van der Waals surface area contributed by atoms with E-state index < -0.39 is 11.9 Å². The highest BCUT2D eigenvalue weighted by molar-refractivity contribution is 5.89. The molecule has 0 spiro atoms. The van der Waals surface area contributed by atoms with Gasteiger partial charge in [-0.3, -0.25) is 4.90 Å². The topological polar surface area (TPSA) is 139 Å². The average molecular weight is 412 g/mol. The van der Waals surface area contributed by atoms with Crippen molar-refractivity contribution in [2.75, 3.05) is 25.4 Å². The first-order chi connectivity index (χ1) is 14.4. The molecule has 30 heavy (non-hydrogen) atoms. The van der Waals surface area contributed by atoms with Crippen LogP contribution in [0.5, 0.6) is 6.01 Å². The van der Waals surface area contributed by atoms with Gasteiger partial charge in [0.1, 0.15) is 6.10 Å². The molecule has 9 heteroatoms. The number of hydrogen-bond donors (Lipinski definition) is 3. The van der Waals surface area contributed by atoms with Crippen LogP contribution in [0.3, 0.4) is 0 Å². The zero-order chi connectivity index (χ0) is 21.5. The van der Waals surface area contributed by atoms with E-state index in [1.54, 1.807) is 12.4 Å². The predicted octanol–water partition coefficient (Wildman–Crippen LogP) is 1.91. The number of aromatic nitrogens is 2. The van der Waals surface area contributed by atoms with Gasteiger partial charge >= 0.3 is 17.9 Å². The van der Waals surface area contributed by atoms with Crippen LogP contribution in [-0.4, -0.2) is 62.8 Å². The van der Waals surface area contributed by atoms with Crippen LogP contribution in [-0.2, 0) is 9.59 Å². The number of benzene rings is 1. The van der Waals surface area contributed by atoms with Gasteiger partial charge in [0.25, 0.3) is 0 Å². The average Bonchev–Trinajstić information content (AvgIpc) is 2.74. The highest BCUT2D eigenvalue weighted by Crippen LogP contribution is 2.30. The van der Waals surface area contributed by atoms with Crippen LogP contribution in [0.25, 0.3) is 11.1 Å². The van der Waals surface area contributed by atoms with Gasteiger partial charge in [0.2, 0.25) is 0 Å². The lowest BCUT2D eigenvalue weighted by Gasteiger charge is -2.43. The third kappa shape index (κ3) is 6.02. The van der Waals surface area contributed by atoms with Crippen molar-refractivity contribution < 1.29 is 24.5 Å². The van der Waals surface area contributed by atoms with E-state index in [0.717, 1.165) is 23.4 Å². The van der Waals surface area contributed by atoms with Crippen LogP contribution >= 0.6 is 0 Å². The summed E-state index contributed by atoms with van der Waals surface area (Å²) in [4.78, 5) is 30.3. The van der Waals surface area contributed by atoms with Gasteiger partial charge < -0.3 is 20.7 Å². The number of carbonyl (C=O) groups is 2. The van der Waals surface area contributed by atoms with Crippen LogP contribution in [0.2, 0.25) is 0 Å². The van der Waals surface area contributed by atoms with Crippen molar-refractivity contribution in [2.45, 2.75) is 18.9 Å². The molecule has 2 bridgehead atoms. The van der Waals surface area contributed by atoms with Gasteiger partial charge in [-0.25, -0.2) is 19.6 Å². The summed E-state index contributed by atoms with van der Waals surface area (Å²) in [6.45, 7) is 3.42. The number of carboxylic acids is 2. The van der Waals surface area contributed by atoms with Gasteiger partial charge in [-0.1, -0.05) is 12.1 Å². The summed E-state index contributed by atoms with van der Waals surface area (Å²) < 4.78 is 6.02. The first-order valence-electron chi connectivity index (χ1n) is 9.61. The van der Waals surface area contributed by atoms with Crippen LogP contribution < -0.4 is 10.5 Å². The number of rotatable bonds is 5.